The molecule has 0 amide bonds. The predicted octanol–water partition coefficient (Wildman–Crippen LogP) is 4.60. The van der Waals surface area contributed by atoms with Crippen molar-refractivity contribution < 1.29 is 0 Å². The van der Waals surface area contributed by atoms with Crippen LogP contribution in [0.2, 0.25) is 5.15 Å². The Morgan fingerprint density at radius 2 is 1.94 bits per heavy atom. The van der Waals surface area contributed by atoms with Gasteiger partial charge < -0.3 is 0 Å². The zero-order chi connectivity index (χ0) is 12.6. The van der Waals surface area contributed by atoms with Gasteiger partial charge in [-0.3, -0.25) is 0 Å². The minimum atomic E-state index is 0.283. The minimum Gasteiger partial charge on any atom is -0.232 e. The van der Waals surface area contributed by atoms with E-state index in [1.54, 1.807) is 11.3 Å². The minimum absolute atomic E-state index is 0.283. The average Bonchev–Trinajstić information content (AvgIpc) is 2.68. The number of hydrogen-bond acceptors (Lipinski definition) is 3. The van der Waals surface area contributed by atoms with E-state index in [0.717, 1.165) is 17.1 Å². The van der Waals surface area contributed by atoms with E-state index in [2.05, 4.69) is 42.2 Å². The summed E-state index contributed by atoms with van der Waals surface area (Å²) in [7, 11) is 0. The Bertz CT molecular complexity index is 546. The summed E-state index contributed by atoms with van der Waals surface area (Å²) in [6, 6.07) is 2.09. The van der Waals surface area contributed by atoms with Crippen LogP contribution in [0.1, 0.15) is 36.0 Å². The van der Waals surface area contributed by atoms with Crippen LogP contribution in [0.15, 0.2) is 11.4 Å². The molecule has 0 radical (unpaired) electrons. The van der Waals surface area contributed by atoms with Gasteiger partial charge in [-0.1, -0.05) is 25.4 Å². The number of thiophene rings is 1. The number of rotatable bonds is 2. The van der Waals surface area contributed by atoms with Gasteiger partial charge in [0.15, 0.2) is 0 Å². The molecule has 0 atom stereocenters. The lowest BCUT2D eigenvalue weighted by atomic mass is 10.1. The number of hydrogen-bond donors (Lipinski definition) is 0. The first-order chi connectivity index (χ1) is 8.00. The first kappa shape index (κ1) is 12.5. The highest BCUT2D eigenvalue weighted by Crippen LogP contribution is 2.31. The van der Waals surface area contributed by atoms with Gasteiger partial charge in [0.2, 0.25) is 0 Å². The van der Waals surface area contributed by atoms with Crippen LogP contribution < -0.4 is 0 Å². The molecule has 2 rings (SSSR count). The van der Waals surface area contributed by atoms with Crippen molar-refractivity contribution in [1.82, 2.24) is 9.97 Å². The quantitative estimate of drug-likeness (QED) is 0.743. The Labute approximate surface area is 111 Å². The van der Waals surface area contributed by atoms with Crippen molar-refractivity contribution >= 4 is 22.9 Å². The summed E-state index contributed by atoms with van der Waals surface area (Å²) in [6.45, 7) is 8.22. The lowest BCUT2D eigenvalue weighted by molar-refractivity contribution is 0.773. The Hall–Kier alpha value is -0.930. The molecule has 0 spiro atoms. The van der Waals surface area contributed by atoms with Crippen molar-refractivity contribution in [1.29, 1.82) is 0 Å². The first-order valence-electron chi connectivity index (χ1n) is 5.59. The molecule has 90 valence electrons. The molecule has 0 aliphatic carbocycles. The summed E-state index contributed by atoms with van der Waals surface area (Å²) in [4.78, 5) is 10.2. The Morgan fingerprint density at radius 3 is 2.47 bits per heavy atom. The molecule has 2 aromatic rings. The van der Waals surface area contributed by atoms with Crippen LogP contribution in [0.4, 0.5) is 0 Å². The first-order valence-corrected chi connectivity index (χ1v) is 6.85. The molecule has 17 heavy (non-hydrogen) atoms. The maximum Gasteiger partial charge on any atom is 0.136 e. The fourth-order valence-electron chi connectivity index (χ4n) is 1.66. The zero-order valence-corrected chi connectivity index (χ0v) is 12.0. The van der Waals surface area contributed by atoms with Crippen molar-refractivity contribution in [3.63, 3.8) is 0 Å². The van der Waals surface area contributed by atoms with Crippen molar-refractivity contribution in [2.24, 2.45) is 0 Å². The number of aromatic nitrogens is 2. The van der Waals surface area contributed by atoms with Crippen LogP contribution in [0.3, 0.4) is 0 Å². The van der Waals surface area contributed by atoms with Crippen LogP contribution in [-0.2, 0) is 0 Å². The van der Waals surface area contributed by atoms with Gasteiger partial charge in [0.05, 0.1) is 5.69 Å². The van der Waals surface area contributed by atoms with Crippen LogP contribution in [0.25, 0.3) is 11.3 Å². The van der Waals surface area contributed by atoms with E-state index < -0.39 is 0 Å². The van der Waals surface area contributed by atoms with E-state index in [1.807, 2.05) is 6.92 Å². The molecule has 2 nitrogen and oxygen atoms in total. The molecule has 2 heterocycles. The summed E-state index contributed by atoms with van der Waals surface area (Å²) in [5.74, 6) is 1.09. The maximum atomic E-state index is 6.18. The monoisotopic (exact) mass is 266 g/mol. The van der Waals surface area contributed by atoms with Crippen LogP contribution in [-0.4, -0.2) is 9.97 Å². The zero-order valence-electron chi connectivity index (χ0n) is 10.4. The molecular weight excluding hydrogens is 252 g/mol. The van der Waals surface area contributed by atoms with E-state index in [9.17, 15) is 0 Å². The highest BCUT2D eigenvalue weighted by atomic mass is 35.5. The average molecular weight is 267 g/mol. The molecule has 0 fully saturated rings. The van der Waals surface area contributed by atoms with E-state index in [4.69, 9.17) is 11.6 Å². The molecule has 4 heteroatoms. The maximum absolute atomic E-state index is 6.18. The van der Waals surface area contributed by atoms with Gasteiger partial charge in [-0.15, -0.1) is 11.3 Å². The van der Waals surface area contributed by atoms with Crippen LogP contribution >= 0.6 is 22.9 Å². The number of halogens is 1. The third-order valence-electron chi connectivity index (χ3n) is 2.73. The van der Waals surface area contributed by atoms with Gasteiger partial charge in [0.1, 0.15) is 11.0 Å². The summed E-state index contributed by atoms with van der Waals surface area (Å²) in [5, 5.41) is 2.64. The molecular formula is C13H15ClN2S. The fourth-order valence-corrected chi connectivity index (χ4v) is 2.53. The molecule has 0 bridgehead atoms. The Morgan fingerprint density at radius 1 is 1.24 bits per heavy atom. The highest BCUT2D eigenvalue weighted by Gasteiger charge is 2.15. The topological polar surface area (TPSA) is 25.8 Å². The second-order valence-corrected chi connectivity index (χ2v) is 5.87. The van der Waals surface area contributed by atoms with Gasteiger partial charge in [0.25, 0.3) is 0 Å². The van der Waals surface area contributed by atoms with Gasteiger partial charge in [-0.05, 0) is 25.3 Å². The normalized spacial score (nSPS) is 11.2. The SMILES string of the molecule is Cc1sccc1-c1nc(C(C)C)nc(Cl)c1C. The van der Waals surface area contributed by atoms with Crippen LogP contribution in [0.5, 0.6) is 0 Å². The summed E-state index contributed by atoms with van der Waals surface area (Å²) in [6.07, 6.45) is 0. The molecule has 0 N–H and O–H groups in total. The summed E-state index contributed by atoms with van der Waals surface area (Å²) in [5.41, 5.74) is 3.09. The smallest absolute Gasteiger partial charge is 0.136 e. The van der Waals surface area contributed by atoms with Gasteiger partial charge >= 0.3 is 0 Å². The van der Waals surface area contributed by atoms with Crippen molar-refractivity contribution in [3.8, 4) is 11.3 Å². The van der Waals surface area contributed by atoms with E-state index in [0.29, 0.717) is 5.15 Å². The summed E-state index contributed by atoms with van der Waals surface area (Å²) < 4.78 is 0. The molecule has 0 unspecified atom stereocenters. The molecule has 0 saturated carbocycles. The number of nitrogens with zero attached hydrogens (tertiary/aromatic N) is 2. The fraction of sp³-hybridized carbons (Fsp3) is 0.385. The molecule has 0 aliphatic rings. The summed E-state index contributed by atoms with van der Waals surface area (Å²) >= 11 is 7.91. The largest absolute Gasteiger partial charge is 0.232 e. The van der Waals surface area contributed by atoms with Crippen molar-refractivity contribution in [3.05, 3.63) is 32.9 Å². The van der Waals surface area contributed by atoms with Gasteiger partial charge in [0, 0.05) is 21.9 Å². The number of aryl methyl sites for hydroxylation is 1. The van der Waals surface area contributed by atoms with E-state index >= 15 is 0 Å². The lowest BCUT2D eigenvalue weighted by Crippen LogP contribution is -2.02. The lowest BCUT2D eigenvalue weighted by Gasteiger charge is -2.11. The van der Waals surface area contributed by atoms with Gasteiger partial charge in [-0.25, -0.2) is 9.97 Å². The second-order valence-electron chi connectivity index (χ2n) is 4.39. The van der Waals surface area contributed by atoms with Crippen molar-refractivity contribution in [2.75, 3.05) is 0 Å². The Balaban J connectivity index is 2.65. The highest BCUT2D eigenvalue weighted by molar-refractivity contribution is 7.10. The van der Waals surface area contributed by atoms with E-state index in [-0.39, 0.29) is 5.92 Å². The van der Waals surface area contributed by atoms with Crippen molar-refractivity contribution in [2.45, 2.75) is 33.6 Å². The Kier molecular flexibility index (Phi) is 3.50. The third kappa shape index (κ3) is 2.35. The predicted molar refractivity (Wildman–Crippen MR) is 73.9 cm³/mol. The van der Waals surface area contributed by atoms with Crippen LogP contribution in [0, 0.1) is 13.8 Å². The second kappa shape index (κ2) is 4.75. The third-order valence-corrected chi connectivity index (χ3v) is 3.95. The molecule has 0 aromatic carbocycles. The molecule has 0 aliphatic heterocycles. The standard InChI is InChI=1S/C13H15ClN2S/c1-7(2)13-15-11(8(3)12(14)16-13)10-5-6-17-9(10)4/h5-7H,1-4H3. The molecule has 2 aromatic heterocycles. The molecule has 0 saturated heterocycles. The van der Waals surface area contributed by atoms with Gasteiger partial charge in [-0.2, -0.15) is 0 Å². The van der Waals surface area contributed by atoms with E-state index in [1.165, 1.54) is 10.4 Å².